The van der Waals surface area contributed by atoms with Gasteiger partial charge in [0, 0.05) is 24.7 Å². The molecule has 0 atom stereocenters. The molecule has 0 bridgehead atoms. The number of hydrogen-bond acceptors (Lipinski definition) is 7. The van der Waals surface area contributed by atoms with E-state index in [9.17, 15) is 13.2 Å². The third-order valence-electron chi connectivity index (χ3n) is 5.13. The zero-order valence-electron chi connectivity index (χ0n) is 17.3. The molecule has 1 heterocycles. The van der Waals surface area contributed by atoms with Crippen LogP contribution in [0.25, 0.3) is 11.5 Å². The minimum absolute atomic E-state index is 0.0426. The van der Waals surface area contributed by atoms with Crippen molar-refractivity contribution in [3.8, 4) is 11.5 Å². The zero-order chi connectivity index (χ0) is 21.6. The summed E-state index contributed by atoms with van der Waals surface area (Å²) < 4.78 is 32.5. The number of nitrogens with zero attached hydrogens (tertiary/aromatic N) is 3. The Balaban J connectivity index is 1.64. The molecule has 0 unspecified atom stereocenters. The zero-order valence-corrected chi connectivity index (χ0v) is 19.0. The van der Waals surface area contributed by atoms with Crippen molar-refractivity contribution in [2.24, 2.45) is 0 Å². The second-order valence-corrected chi connectivity index (χ2v) is 10.0. The van der Waals surface area contributed by atoms with Gasteiger partial charge in [0.1, 0.15) is 0 Å². The molecule has 10 heteroatoms. The van der Waals surface area contributed by atoms with E-state index in [0.29, 0.717) is 18.7 Å². The molecule has 1 aromatic heterocycles. The van der Waals surface area contributed by atoms with Crippen LogP contribution in [-0.4, -0.2) is 53.7 Å². The minimum Gasteiger partial charge on any atom is -0.411 e. The molecule has 164 valence electrons. The number of rotatable bonds is 9. The first-order valence-corrected chi connectivity index (χ1v) is 12.7. The molecule has 1 aliphatic rings. The highest BCUT2D eigenvalue weighted by molar-refractivity contribution is 7.99. The number of aromatic nitrogens is 2. The van der Waals surface area contributed by atoms with Gasteiger partial charge in [0.2, 0.25) is 21.8 Å². The van der Waals surface area contributed by atoms with Gasteiger partial charge in [-0.2, -0.15) is 4.31 Å². The van der Waals surface area contributed by atoms with Crippen molar-refractivity contribution in [3.05, 3.63) is 24.3 Å². The highest BCUT2D eigenvalue weighted by Crippen LogP contribution is 2.26. The molecule has 1 amide bonds. The number of carbonyl (C=O) groups is 1. The Morgan fingerprint density at radius 1 is 1.20 bits per heavy atom. The van der Waals surface area contributed by atoms with Crippen LogP contribution in [-0.2, 0) is 14.8 Å². The molecule has 1 aliphatic carbocycles. The molecule has 0 aliphatic heterocycles. The summed E-state index contributed by atoms with van der Waals surface area (Å²) in [5.74, 6) is 0.384. The average molecular weight is 453 g/mol. The number of nitrogens with one attached hydrogen (secondary N) is 1. The Bertz CT molecular complexity index is 951. The summed E-state index contributed by atoms with van der Waals surface area (Å²) in [7, 11) is -3.58. The normalized spacial score (nSPS) is 15.4. The second kappa shape index (κ2) is 10.4. The average Bonchev–Trinajstić information content (AvgIpc) is 3.23. The van der Waals surface area contributed by atoms with E-state index in [4.69, 9.17) is 4.42 Å². The van der Waals surface area contributed by atoms with Crippen molar-refractivity contribution in [1.29, 1.82) is 0 Å². The molecule has 1 aromatic carbocycles. The lowest BCUT2D eigenvalue weighted by Gasteiger charge is -2.22. The fraction of sp³-hybridized carbons (Fsp3) is 0.550. The molecule has 1 fully saturated rings. The van der Waals surface area contributed by atoms with E-state index in [0.717, 1.165) is 25.7 Å². The fourth-order valence-corrected chi connectivity index (χ4v) is 5.61. The maximum Gasteiger partial charge on any atom is 0.277 e. The van der Waals surface area contributed by atoms with Gasteiger partial charge in [-0.3, -0.25) is 4.79 Å². The van der Waals surface area contributed by atoms with Gasteiger partial charge in [-0.1, -0.05) is 50.9 Å². The van der Waals surface area contributed by atoms with Gasteiger partial charge in [-0.15, -0.1) is 10.2 Å². The van der Waals surface area contributed by atoms with Crippen LogP contribution in [0, 0.1) is 0 Å². The van der Waals surface area contributed by atoms with E-state index >= 15 is 0 Å². The number of sulfonamides is 1. The van der Waals surface area contributed by atoms with Crippen molar-refractivity contribution in [2.75, 3.05) is 18.8 Å². The van der Waals surface area contributed by atoms with Crippen LogP contribution < -0.4 is 5.32 Å². The Hall–Kier alpha value is -1.91. The molecule has 0 spiro atoms. The summed E-state index contributed by atoms with van der Waals surface area (Å²) in [5, 5.41) is 11.3. The summed E-state index contributed by atoms with van der Waals surface area (Å²) in [6.45, 7) is 4.40. The van der Waals surface area contributed by atoms with Gasteiger partial charge in [0.15, 0.2) is 0 Å². The predicted octanol–water partition coefficient (Wildman–Crippen LogP) is 3.31. The second-order valence-electron chi connectivity index (χ2n) is 7.18. The van der Waals surface area contributed by atoms with E-state index in [-0.39, 0.29) is 33.7 Å². The summed E-state index contributed by atoms with van der Waals surface area (Å²) in [6, 6.07) is 6.73. The molecular formula is C20H28N4O4S2. The lowest BCUT2D eigenvalue weighted by molar-refractivity contribution is -0.119. The number of amides is 1. The van der Waals surface area contributed by atoms with Gasteiger partial charge in [-0.25, -0.2) is 8.42 Å². The summed E-state index contributed by atoms with van der Waals surface area (Å²) in [5.41, 5.74) is 0.522. The number of benzene rings is 1. The predicted molar refractivity (Wildman–Crippen MR) is 116 cm³/mol. The molecule has 1 saturated carbocycles. The maximum absolute atomic E-state index is 12.7. The van der Waals surface area contributed by atoms with Crippen LogP contribution in [0.15, 0.2) is 38.8 Å². The quantitative estimate of drug-likeness (QED) is 0.582. The third kappa shape index (κ3) is 5.61. The maximum atomic E-state index is 12.7. The van der Waals surface area contributed by atoms with Crippen molar-refractivity contribution in [3.63, 3.8) is 0 Å². The van der Waals surface area contributed by atoms with Gasteiger partial charge < -0.3 is 9.73 Å². The largest absolute Gasteiger partial charge is 0.411 e. The highest BCUT2D eigenvalue weighted by atomic mass is 32.2. The Morgan fingerprint density at radius 3 is 2.63 bits per heavy atom. The SMILES string of the molecule is CCN(CC)S(=O)(=O)c1cccc(-c2nnc(SCC(=O)NC3CCCCC3)o2)c1. The summed E-state index contributed by atoms with van der Waals surface area (Å²) in [4.78, 5) is 12.3. The lowest BCUT2D eigenvalue weighted by atomic mass is 9.95. The first-order valence-electron chi connectivity index (χ1n) is 10.3. The van der Waals surface area contributed by atoms with Crippen LogP contribution in [0.2, 0.25) is 0 Å². The first kappa shape index (κ1) is 22.8. The van der Waals surface area contributed by atoms with Crippen LogP contribution in [0.5, 0.6) is 0 Å². The first-order chi connectivity index (χ1) is 14.4. The topological polar surface area (TPSA) is 105 Å². The molecule has 8 nitrogen and oxygen atoms in total. The fourth-order valence-electron chi connectivity index (χ4n) is 3.53. The van der Waals surface area contributed by atoms with Crippen LogP contribution in [0.1, 0.15) is 46.0 Å². The lowest BCUT2D eigenvalue weighted by Crippen LogP contribution is -2.37. The van der Waals surface area contributed by atoms with Gasteiger partial charge in [-0.05, 0) is 31.0 Å². The van der Waals surface area contributed by atoms with Crippen molar-refractivity contribution in [2.45, 2.75) is 62.1 Å². The van der Waals surface area contributed by atoms with E-state index < -0.39 is 10.0 Å². The van der Waals surface area contributed by atoms with Crippen LogP contribution in [0.3, 0.4) is 0 Å². The number of hydrogen-bond donors (Lipinski definition) is 1. The van der Waals surface area contributed by atoms with Gasteiger partial charge >= 0.3 is 0 Å². The third-order valence-corrected chi connectivity index (χ3v) is 7.99. The Labute approximate surface area is 181 Å². The monoisotopic (exact) mass is 452 g/mol. The summed E-state index contributed by atoms with van der Waals surface area (Å²) in [6.07, 6.45) is 5.63. The van der Waals surface area contributed by atoms with Crippen LogP contribution >= 0.6 is 11.8 Å². The van der Waals surface area contributed by atoms with E-state index in [1.165, 1.54) is 28.6 Å². The van der Waals surface area contributed by atoms with Crippen LogP contribution in [0.4, 0.5) is 0 Å². The van der Waals surface area contributed by atoms with Crippen molar-refractivity contribution >= 4 is 27.7 Å². The van der Waals surface area contributed by atoms with E-state index in [1.807, 2.05) is 0 Å². The molecule has 0 radical (unpaired) electrons. The molecule has 0 saturated heterocycles. The van der Waals surface area contributed by atoms with Crippen molar-refractivity contribution in [1.82, 2.24) is 19.8 Å². The van der Waals surface area contributed by atoms with Gasteiger partial charge in [0.25, 0.3) is 5.22 Å². The Morgan fingerprint density at radius 2 is 1.93 bits per heavy atom. The molecular weight excluding hydrogens is 424 g/mol. The molecule has 30 heavy (non-hydrogen) atoms. The number of carbonyl (C=O) groups excluding carboxylic acids is 1. The van der Waals surface area contributed by atoms with Gasteiger partial charge in [0.05, 0.1) is 10.6 Å². The highest BCUT2D eigenvalue weighted by Gasteiger charge is 2.23. The minimum atomic E-state index is -3.58. The number of thioether (sulfide) groups is 1. The molecule has 2 aromatic rings. The summed E-state index contributed by atoms with van der Waals surface area (Å²) >= 11 is 1.18. The molecule has 3 rings (SSSR count). The molecule has 1 N–H and O–H groups in total. The smallest absolute Gasteiger partial charge is 0.277 e. The Kier molecular flexibility index (Phi) is 7.90. The van der Waals surface area contributed by atoms with Crippen molar-refractivity contribution < 1.29 is 17.6 Å². The van der Waals surface area contributed by atoms with E-state index in [1.54, 1.807) is 32.0 Å². The van der Waals surface area contributed by atoms with E-state index in [2.05, 4.69) is 15.5 Å². The standard InChI is InChI=1S/C20H28N4O4S2/c1-3-24(4-2)30(26,27)17-12-8-9-15(13-17)19-22-23-20(28-19)29-14-18(25)21-16-10-6-5-7-11-16/h8-9,12-13,16H,3-7,10-11,14H2,1-2H3,(H,21,25).